The Morgan fingerprint density at radius 2 is 1.64 bits per heavy atom. The molecule has 130 valence electrons. The minimum Gasteiger partial charge on any atom is -0.339 e. The average Bonchev–Trinajstić information content (AvgIpc) is 2.64. The van der Waals surface area contributed by atoms with Crippen molar-refractivity contribution < 1.29 is 9.59 Å². The van der Waals surface area contributed by atoms with Crippen LogP contribution in [0.1, 0.15) is 51.1 Å². The van der Waals surface area contributed by atoms with Crippen molar-refractivity contribution in [2.75, 3.05) is 18.4 Å². The summed E-state index contributed by atoms with van der Waals surface area (Å²) in [7, 11) is 0. The third kappa shape index (κ3) is 4.08. The van der Waals surface area contributed by atoms with E-state index in [0.29, 0.717) is 11.1 Å². The molecule has 1 N–H and O–H groups in total. The lowest BCUT2D eigenvalue weighted by molar-refractivity contribution is 0.0724. The number of nitrogens with one attached hydrogen (secondary N) is 1. The van der Waals surface area contributed by atoms with Crippen LogP contribution in [-0.2, 0) is 0 Å². The highest BCUT2D eigenvalue weighted by Gasteiger charge is 2.19. The molecule has 1 heterocycles. The van der Waals surface area contributed by atoms with Gasteiger partial charge in [0.1, 0.15) is 0 Å². The van der Waals surface area contributed by atoms with E-state index in [9.17, 15) is 9.59 Å². The van der Waals surface area contributed by atoms with Crippen LogP contribution >= 0.6 is 0 Å². The van der Waals surface area contributed by atoms with Gasteiger partial charge in [0.2, 0.25) is 0 Å². The van der Waals surface area contributed by atoms with Crippen molar-refractivity contribution in [2.45, 2.75) is 33.1 Å². The maximum absolute atomic E-state index is 12.6. The molecule has 0 aliphatic carbocycles. The number of piperidine rings is 1. The minimum atomic E-state index is -0.194. The second kappa shape index (κ2) is 7.51. The molecule has 0 radical (unpaired) electrons. The molecule has 25 heavy (non-hydrogen) atoms. The molecule has 1 aliphatic heterocycles. The highest BCUT2D eigenvalue weighted by molar-refractivity contribution is 6.06. The quantitative estimate of drug-likeness (QED) is 0.914. The van der Waals surface area contributed by atoms with Gasteiger partial charge in [-0.2, -0.15) is 0 Å². The Kier molecular flexibility index (Phi) is 5.17. The first-order valence-electron chi connectivity index (χ1n) is 8.82. The van der Waals surface area contributed by atoms with Gasteiger partial charge in [0.15, 0.2) is 0 Å². The first-order valence-corrected chi connectivity index (χ1v) is 8.82. The third-order valence-electron chi connectivity index (χ3n) is 4.65. The van der Waals surface area contributed by atoms with Crippen molar-refractivity contribution in [2.24, 2.45) is 0 Å². The largest absolute Gasteiger partial charge is 0.339 e. The van der Waals surface area contributed by atoms with Crippen LogP contribution in [0.5, 0.6) is 0 Å². The highest BCUT2D eigenvalue weighted by atomic mass is 16.2. The summed E-state index contributed by atoms with van der Waals surface area (Å²) in [4.78, 5) is 27.1. The Morgan fingerprint density at radius 3 is 2.36 bits per heavy atom. The van der Waals surface area contributed by atoms with Gasteiger partial charge in [-0.15, -0.1) is 0 Å². The number of nitrogens with zero attached hydrogens (tertiary/aromatic N) is 1. The van der Waals surface area contributed by atoms with E-state index in [4.69, 9.17) is 0 Å². The molecule has 0 atom stereocenters. The predicted molar refractivity (Wildman–Crippen MR) is 100 cm³/mol. The van der Waals surface area contributed by atoms with Gasteiger partial charge in [0.25, 0.3) is 11.8 Å². The number of anilines is 1. The Morgan fingerprint density at radius 1 is 0.920 bits per heavy atom. The molecule has 4 nitrogen and oxygen atoms in total. The molecule has 1 aliphatic rings. The molecule has 0 spiro atoms. The first kappa shape index (κ1) is 17.2. The number of amides is 2. The number of hydrogen-bond acceptors (Lipinski definition) is 2. The number of rotatable bonds is 3. The zero-order valence-corrected chi connectivity index (χ0v) is 14.8. The van der Waals surface area contributed by atoms with Gasteiger partial charge in [0, 0.05) is 29.9 Å². The standard InChI is InChI=1S/C21H24N2O2/c1-15-9-10-19(16(2)13-15)22-20(24)17-7-6-8-18(14-17)21(25)23-11-4-3-5-12-23/h6-10,13-14H,3-5,11-12H2,1-2H3,(H,22,24). The van der Waals surface area contributed by atoms with E-state index >= 15 is 0 Å². The van der Waals surface area contributed by atoms with E-state index in [1.807, 2.05) is 36.9 Å². The van der Waals surface area contributed by atoms with Crippen molar-refractivity contribution in [3.8, 4) is 0 Å². The SMILES string of the molecule is Cc1ccc(NC(=O)c2cccc(C(=O)N3CCCCC3)c2)c(C)c1. The number of carbonyl (C=O) groups excluding carboxylic acids is 2. The summed E-state index contributed by atoms with van der Waals surface area (Å²) >= 11 is 0. The first-order chi connectivity index (χ1) is 12.0. The monoisotopic (exact) mass is 336 g/mol. The van der Waals surface area contributed by atoms with E-state index in [0.717, 1.165) is 42.7 Å². The average molecular weight is 336 g/mol. The van der Waals surface area contributed by atoms with Crippen molar-refractivity contribution in [3.63, 3.8) is 0 Å². The summed E-state index contributed by atoms with van der Waals surface area (Å²) in [6.07, 6.45) is 3.29. The predicted octanol–water partition coefficient (Wildman–Crippen LogP) is 4.18. The van der Waals surface area contributed by atoms with Crippen molar-refractivity contribution in [1.82, 2.24) is 4.90 Å². The fourth-order valence-corrected chi connectivity index (χ4v) is 3.22. The van der Waals surface area contributed by atoms with Crippen molar-refractivity contribution in [3.05, 3.63) is 64.7 Å². The van der Waals surface area contributed by atoms with Crippen LogP contribution in [0.4, 0.5) is 5.69 Å². The van der Waals surface area contributed by atoms with Gasteiger partial charge in [-0.1, -0.05) is 23.8 Å². The molecule has 2 aromatic carbocycles. The minimum absolute atomic E-state index is 0.0147. The molecule has 2 amide bonds. The van der Waals surface area contributed by atoms with Crippen LogP contribution in [0.25, 0.3) is 0 Å². The van der Waals surface area contributed by atoms with E-state index < -0.39 is 0 Å². The van der Waals surface area contributed by atoms with Crippen LogP contribution in [-0.4, -0.2) is 29.8 Å². The zero-order valence-electron chi connectivity index (χ0n) is 14.8. The smallest absolute Gasteiger partial charge is 0.255 e. The van der Waals surface area contributed by atoms with E-state index in [-0.39, 0.29) is 11.8 Å². The van der Waals surface area contributed by atoms with Crippen LogP contribution in [0.15, 0.2) is 42.5 Å². The van der Waals surface area contributed by atoms with Gasteiger partial charge in [-0.25, -0.2) is 0 Å². The molecule has 1 saturated heterocycles. The molecule has 1 fully saturated rings. The van der Waals surface area contributed by atoms with Crippen LogP contribution in [0.3, 0.4) is 0 Å². The Hall–Kier alpha value is -2.62. The summed E-state index contributed by atoms with van der Waals surface area (Å²) in [6.45, 7) is 5.60. The topological polar surface area (TPSA) is 49.4 Å². The normalized spacial score (nSPS) is 14.2. The Bertz CT molecular complexity index is 792. The maximum atomic E-state index is 12.6. The molecular formula is C21H24N2O2. The third-order valence-corrected chi connectivity index (χ3v) is 4.65. The van der Waals surface area contributed by atoms with Crippen molar-refractivity contribution in [1.29, 1.82) is 0 Å². The molecule has 0 bridgehead atoms. The Balaban J connectivity index is 1.76. The summed E-state index contributed by atoms with van der Waals surface area (Å²) < 4.78 is 0. The lowest BCUT2D eigenvalue weighted by atomic mass is 10.1. The molecule has 4 heteroatoms. The van der Waals surface area contributed by atoms with Gasteiger partial charge in [-0.05, 0) is 62.9 Å². The second-order valence-corrected chi connectivity index (χ2v) is 6.71. The number of hydrogen-bond donors (Lipinski definition) is 1. The fraction of sp³-hybridized carbons (Fsp3) is 0.333. The number of likely N-dealkylation sites (tertiary alicyclic amines) is 1. The van der Waals surface area contributed by atoms with Gasteiger partial charge in [-0.3, -0.25) is 9.59 Å². The van der Waals surface area contributed by atoms with E-state index in [2.05, 4.69) is 5.32 Å². The summed E-state index contributed by atoms with van der Waals surface area (Å²) in [5.74, 6) is -0.180. The maximum Gasteiger partial charge on any atom is 0.255 e. The summed E-state index contributed by atoms with van der Waals surface area (Å²) in [6, 6.07) is 12.9. The molecule has 3 rings (SSSR count). The number of benzene rings is 2. The molecular weight excluding hydrogens is 312 g/mol. The zero-order chi connectivity index (χ0) is 17.8. The molecule has 0 unspecified atom stereocenters. The number of carbonyl (C=O) groups is 2. The molecule has 0 aromatic heterocycles. The number of aryl methyl sites for hydroxylation is 2. The van der Waals surface area contributed by atoms with Crippen LogP contribution in [0, 0.1) is 13.8 Å². The lowest BCUT2D eigenvalue weighted by Crippen LogP contribution is -2.35. The van der Waals surface area contributed by atoms with Gasteiger partial charge < -0.3 is 10.2 Å². The van der Waals surface area contributed by atoms with E-state index in [1.165, 1.54) is 6.42 Å². The highest BCUT2D eigenvalue weighted by Crippen LogP contribution is 2.18. The second-order valence-electron chi connectivity index (χ2n) is 6.71. The lowest BCUT2D eigenvalue weighted by Gasteiger charge is -2.26. The van der Waals surface area contributed by atoms with E-state index in [1.54, 1.807) is 24.3 Å². The van der Waals surface area contributed by atoms with Gasteiger partial charge >= 0.3 is 0 Å². The van der Waals surface area contributed by atoms with Crippen molar-refractivity contribution >= 4 is 17.5 Å². The Labute approximate surface area is 148 Å². The summed E-state index contributed by atoms with van der Waals surface area (Å²) in [5, 5.41) is 2.94. The fourth-order valence-electron chi connectivity index (χ4n) is 3.22. The molecule has 0 saturated carbocycles. The van der Waals surface area contributed by atoms with Crippen LogP contribution < -0.4 is 5.32 Å². The van der Waals surface area contributed by atoms with Crippen LogP contribution in [0.2, 0.25) is 0 Å². The summed E-state index contributed by atoms with van der Waals surface area (Å²) in [5.41, 5.74) is 4.06. The molecule has 2 aromatic rings. The van der Waals surface area contributed by atoms with Gasteiger partial charge in [0.05, 0.1) is 0 Å².